The van der Waals surface area contributed by atoms with Crippen molar-refractivity contribution >= 4 is 23.4 Å². The van der Waals surface area contributed by atoms with Crippen LogP contribution in [0.5, 0.6) is 5.75 Å². The zero-order valence-corrected chi connectivity index (χ0v) is 23.6. The van der Waals surface area contributed by atoms with E-state index in [0.717, 1.165) is 36.6 Å². The van der Waals surface area contributed by atoms with Gasteiger partial charge in [-0.05, 0) is 68.5 Å². The molecule has 12 heteroatoms. The Balaban J connectivity index is 1.44. The standard InChI is InChI=1S/C30H32F2N4O6/c1-30(2,29(40)35-9-4-5-10-35)26-22(31)13-18(14-23(26)32)33-28(39)27-21-7-6-19(41-3)12-17(21)8-11-36(27)25(38)16-20-15-24(37)34-42-20/h6-7,12-15,27H,4-5,8-11,16H2,1-3H3,(H,33,39)(H,34,37). The summed E-state index contributed by atoms with van der Waals surface area (Å²) >= 11 is 0. The summed E-state index contributed by atoms with van der Waals surface area (Å²) in [7, 11) is 1.52. The van der Waals surface area contributed by atoms with Gasteiger partial charge in [-0.2, -0.15) is 5.16 Å². The van der Waals surface area contributed by atoms with Gasteiger partial charge in [-0.15, -0.1) is 0 Å². The number of amides is 3. The Labute approximate surface area is 240 Å². The van der Waals surface area contributed by atoms with E-state index in [0.29, 0.717) is 30.8 Å². The van der Waals surface area contributed by atoms with Gasteiger partial charge in [0.25, 0.3) is 11.5 Å². The molecule has 1 unspecified atom stereocenters. The van der Waals surface area contributed by atoms with E-state index in [-0.39, 0.29) is 35.9 Å². The van der Waals surface area contributed by atoms with Crippen molar-refractivity contribution in [1.29, 1.82) is 0 Å². The van der Waals surface area contributed by atoms with E-state index in [1.165, 1.54) is 25.9 Å². The Morgan fingerprint density at radius 3 is 2.38 bits per heavy atom. The molecule has 2 N–H and O–H groups in total. The van der Waals surface area contributed by atoms with Crippen molar-refractivity contribution in [1.82, 2.24) is 15.0 Å². The molecule has 2 aliphatic rings. The zero-order chi connectivity index (χ0) is 30.2. The first-order valence-corrected chi connectivity index (χ1v) is 13.7. The van der Waals surface area contributed by atoms with E-state index in [4.69, 9.17) is 9.26 Å². The highest BCUT2D eigenvalue weighted by Crippen LogP contribution is 2.36. The highest BCUT2D eigenvalue weighted by Gasteiger charge is 2.40. The number of hydrogen-bond acceptors (Lipinski definition) is 6. The number of nitrogens with zero attached hydrogens (tertiary/aromatic N) is 2. The van der Waals surface area contributed by atoms with E-state index < -0.39 is 40.5 Å². The minimum absolute atomic E-state index is 0.107. The Hall–Kier alpha value is -4.48. The molecule has 0 bridgehead atoms. The van der Waals surface area contributed by atoms with Crippen LogP contribution in [0.15, 0.2) is 45.7 Å². The van der Waals surface area contributed by atoms with Crippen LogP contribution < -0.4 is 15.6 Å². The molecule has 2 aliphatic heterocycles. The number of carbonyl (C=O) groups is 3. The lowest BCUT2D eigenvalue weighted by Crippen LogP contribution is -2.46. The average molecular weight is 583 g/mol. The molecule has 3 aromatic rings. The van der Waals surface area contributed by atoms with Crippen molar-refractivity contribution in [3.05, 3.63) is 80.8 Å². The molecule has 1 fully saturated rings. The summed E-state index contributed by atoms with van der Waals surface area (Å²) in [6.07, 6.45) is 1.84. The Bertz CT molecular complexity index is 1570. The summed E-state index contributed by atoms with van der Waals surface area (Å²) in [5.74, 6) is -2.78. The highest BCUT2D eigenvalue weighted by atomic mass is 19.1. The number of benzene rings is 2. The predicted molar refractivity (Wildman–Crippen MR) is 148 cm³/mol. The minimum Gasteiger partial charge on any atom is -0.497 e. The molecule has 2 aromatic carbocycles. The second kappa shape index (κ2) is 11.4. The summed E-state index contributed by atoms with van der Waals surface area (Å²) in [4.78, 5) is 54.5. The molecule has 1 saturated heterocycles. The molecule has 10 nitrogen and oxygen atoms in total. The third kappa shape index (κ3) is 5.53. The molecular formula is C30H32F2N4O6. The van der Waals surface area contributed by atoms with Gasteiger partial charge in [-0.3, -0.25) is 19.2 Å². The summed E-state index contributed by atoms with van der Waals surface area (Å²) in [6.45, 7) is 4.22. The van der Waals surface area contributed by atoms with Crippen LogP contribution >= 0.6 is 0 Å². The van der Waals surface area contributed by atoms with Crippen LogP contribution in [0.1, 0.15) is 55.2 Å². The third-order valence-electron chi connectivity index (χ3n) is 7.91. The van der Waals surface area contributed by atoms with Crippen molar-refractivity contribution in [2.75, 3.05) is 32.1 Å². The number of anilines is 1. The zero-order valence-electron chi connectivity index (χ0n) is 23.6. The van der Waals surface area contributed by atoms with Crippen LogP contribution in [0.2, 0.25) is 0 Å². The maximum absolute atomic E-state index is 15.4. The average Bonchev–Trinajstić information content (AvgIpc) is 3.63. The van der Waals surface area contributed by atoms with Gasteiger partial charge in [-0.1, -0.05) is 6.07 Å². The van der Waals surface area contributed by atoms with Crippen molar-refractivity contribution in [2.24, 2.45) is 0 Å². The van der Waals surface area contributed by atoms with Crippen molar-refractivity contribution in [2.45, 2.75) is 51.0 Å². The van der Waals surface area contributed by atoms with Crippen LogP contribution in [0.3, 0.4) is 0 Å². The lowest BCUT2D eigenvalue weighted by atomic mass is 9.82. The Morgan fingerprint density at radius 1 is 1.07 bits per heavy atom. The molecule has 0 aliphatic carbocycles. The predicted octanol–water partition coefficient (Wildman–Crippen LogP) is 3.46. The van der Waals surface area contributed by atoms with E-state index in [2.05, 4.69) is 10.5 Å². The number of aromatic nitrogens is 1. The molecule has 5 rings (SSSR count). The van der Waals surface area contributed by atoms with Gasteiger partial charge >= 0.3 is 0 Å². The highest BCUT2D eigenvalue weighted by molar-refractivity contribution is 5.99. The van der Waals surface area contributed by atoms with Gasteiger partial charge in [0.1, 0.15) is 29.2 Å². The van der Waals surface area contributed by atoms with Gasteiger partial charge in [0.2, 0.25) is 11.8 Å². The number of fused-ring (bicyclic) bond motifs is 1. The molecule has 42 heavy (non-hydrogen) atoms. The number of methoxy groups -OCH3 is 1. The topological polar surface area (TPSA) is 125 Å². The van der Waals surface area contributed by atoms with Gasteiger partial charge in [0.05, 0.1) is 18.9 Å². The van der Waals surface area contributed by atoms with Gasteiger partial charge in [0.15, 0.2) is 0 Å². The molecule has 0 spiro atoms. The molecule has 1 atom stereocenters. The van der Waals surface area contributed by atoms with Crippen molar-refractivity contribution in [3.8, 4) is 5.75 Å². The maximum atomic E-state index is 15.4. The van der Waals surface area contributed by atoms with Crippen LogP contribution in [0.25, 0.3) is 0 Å². The molecule has 1 aromatic heterocycles. The number of likely N-dealkylation sites (tertiary alicyclic amines) is 1. The van der Waals surface area contributed by atoms with Gasteiger partial charge in [-0.25, -0.2) is 8.78 Å². The second-order valence-electron chi connectivity index (χ2n) is 11.1. The lowest BCUT2D eigenvalue weighted by Gasteiger charge is -2.36. The normalized spacial score (nSPS) is 16.7. The monoisotopic (exact) mass is 582 g/mol. The van der Waals surface area contributed by atoms with Gasteiger partial charge < -0.3 is 24.4 Å². The third-order valence-corrected chi connectivity index (χ3v) is 7.91. The first kappa shape index (κ1) is 29.0. The van der Waals surface area contributed by atoms with Crippen LogP contribution in [-0.4, -0.2) is 59.4 Å². The number of aromatic amines is 1. The summed E-state index contributed by atoms with van der Waals surface area (Å²) in [6, 6.07) is 7.07. The number of H-pyrrole nitrogens is 1. The molecule has 0 radical (unpaired) electrons. The second-order valence-corrected chi connectivity index (χ2v) is 11.1. The fourth-order valence-electron chi connectivity index (χ4n) is 5.82. The number of hydrogen-bond donors (Lipinski definition) is 2. The number of ether oxygens (including phenoxy) is 1. The van der Waals surface area contributed by atoms with E-state index >= 15 is 8.78 Å². The van der Waals surface area contributed by atoms with Crippen LogP contribution in [0, 0.1) is 11.6 Å². The molecule has 0 saturated carbocycles. The summed E-state index contributed by atoms with van der Waals surface area (Å²) < 4.78 is 41.2. The minimum atomic E-state index is -1.46. The largest absolute Gasteiger partial charge is 0.497 e. The number of halogens is 2. The fourth-order valence-corrected chi connectivity index (χ4v) is 5.82. The van der Waals surface area contributed by atoms with Crippen molar-refractivity contribution in [3.63, 3.8) is 0 Å². The Morgan fingerprint density at radius 2 is 1.76 bits per heavy atom. The smallest absolute Gasteiger partial charge is 0.280 e. The fraction of sp³-hybridized carbons (Fsp3) is 0.400. The van der Waals surface area contributed by atoms with E-state index in [1.54, 1.807) is 23.1 Å². The van der Waals surface area contributed by atoms with E-state index in [9.17, 15) is 19.2 Å². The van der Waals surface area contributed by atoms with Crippen LogP contribution in [-0.2, 0) is 32.6 Å². The first-order valence-electron chi connectivity index (χ1n) is 13.7. The van der Waals surface area contributed by atoms with E-state index in [1.807, 2.05) is 0 Å². The quantitative estimate of drug-likeness (QED) is 0.440. The number of carbonyl (C=O) groups excluding carboxylic acids is 3. The molecule has 3 amide bonds. The molecular weight excluding hydrogens is 550 g/mol. The SMILES string of the molecule is COc1ccc2c(c1)CCN(C(=O)Cc1cc(=O)[nH]o1)C2C(=O)Nc1cc(F)c(C(C)(C)C(=O)N2CCCC2)c(F)c1. The lowest BCUT2D eigenvalue weighted by molar-refractivity contribution is -0.139. The van der Waals surface area contributed by atoms with Crippen LogP contribution in [0.4, 0.5) is 14.5 Å². The number of nitrogens with one attached hydrogen (secondary N) is 2. The summed E-state index contributed by atoms with van der Waals surface area (Å²) in [5, 5.41) is 4.69. The Kier molecular flexibility index (Phi) is 7.89. The number of rotatable bonds is 7. The molecule has 3 heterocycles. The molecule has 222 valence electrons. The van der Waals surface area contributed by atoms with Crippen molar-refractivity contribution < 1.29 is 32.4 Å². The maximum Gasteiger partial charge on any atom is 0.280 e. The van der Waals surface area contributed by atoms with Gasteiger partial charge in [0, 0.05) is 37.0 Å². The first-order chi connectivity index (χ1) is 20.0. The summed E-state index contributed by atoms with van der Waals surface area (Å²) in [5.41, 5.74) is -1.19.